The molecular formula is C18H28N4O6S. The topological polar surface area (TPSA) is 146 Å². The molecule has 0 saturated carbocycles. The van der Waals surface area contributed by atoms with E-state index in [1.165, 1.54) is 11.8 Å². The van der Waals surface area contributed by atoms with Gasteiger partial charge >= 0.3 is 0 Å². The SMILES string of the molecule is OCC1OC(SCCCCOCc2cn(Cc3ccc[nH]3)nn2)C(O)C(O)C1O. The molecule has 1 fully saturated rings. The third kappa shape index (κ3) is 6.25. The summed E-state index contributed by atoms with van der Waals surface area (Å²) in [4.78, 5) is 3.12. The number of nitrogens with one attached hydrogen (secondary N) is 1. The maximum atomic E-state index is 9.99. The summed E-state index contributed by atoms with van der Waals surface area (Å²) in [6.07, 6.45) is 0.679. The summed E-state index contributed by atoms with van der Waals surface area (Å²) < 4.78 is 12.8. The molecule has 1 saturated heterocycles. The molecule has 5 atom stereocenters. The van der Waals surface area contributed by atoms with E-state index in [1.807, 2.05) is 24.5 Å². The molecule has 5 N–H and O–H groups in total. The highest BCUT2D eigenvalue weighted by molar-refractivity contribution is 7.99. The highest BCUT2D eigenvalue weighted by Gasteiger charge is 2.43. The third-order valence-electron chi connectivity index (χ3n) is 4.64. The lowest BCUT2D eigenvalue weighted by atomic mass is 10.0. The zero-order chi connectivity index (χ0) is 20.6. The zero-order valence-corrected chi connectivity index (χ0v) is 16.8. The molecule has 0 spiro atoms. The first-order valence-corrected chi connectivity index (χ1v) is 10.6. The van der Waals surface area contributed by atoms with E-state index in [0.717, 1.165) is 24.2 Å². The number of thioether (sulfide) groups is 1. The fraction of sp³-hybridized carbons (Fsp3) is 0.667. The Hall–Kier alpha value is -1.47. The van der Waals surface area contributed by atoms with Gasteiger partial charge < -0.3 is 34.9 Å². The Morgan fingerprint density at radius 1 is 1.21 bits per heavy atom. The molecular weight excluding hydrogens is 400 g/mol. The largest absolute Gasteiger partial charge is 0.394 e. The Balaban J connectivity index is 1.27. The van der Waals surface area contributed by atoms with Crippen molar-refractivity contribution in [2.24, 2.45) is 0 Å². The van der Waals surface area contributed by atoms with Crippen LogP contribution in [-0.2, 0) is 22.6 Å². The van der Waals surface area contributed by atoms with Crippen LogP contribution in [0.15, 0.2) is 24.5 Å². The number of nitrogens with zero attached hydrogens (tertiary/aromatic N) is 3. The Morgan fingerprint density at radius 3 is 2.83 bits per heavy atom. The molecule has 0 bridgehead atoms. The van der Waals surface area contributed by atoms with Gasteiger partial charge in [0.15, 0.2) is 0 Å². The van der Waals surface area contributed by atoms with E-state index < -0.39 is 36.5 Å². The number of unbranched alkanes of at least 4 members (excludes halogenated alkanes) is 1. The second-order valence-corrected chi connectivity index (χ2v) is 8.14. The molecule has 0 aromatic carbocycles. The molecule has 29 heavy (non-hydrogen) atoms. The van der Waals surface area contributed by atoms with Crippen molar-refractivity contribution in [3.8, 4) is 0 Å². The van der Waals surface area contributed by atoms with E-state index in [9.17, 15) is 20.4 Å². The number of aromatic nitrogens is 4. The lowest BCUT2D eigenvalue weighted by Gasteiger charge is -2.39. The van der Waals surface area contributed by atoms with Crippen molar-refractivity contribution in [1.29, 1.82) is 0 Å². The molecule has 0 amide bonds. The average molecular weight is 429 g/mol. The second kappa shape index (κ2) is 11.1. The van der Waals surface area contributed by atoms with Crippen molar-refractivity contribution in [2.45, 2.75) is 55.8 Å². The molecule has 3 rings (SSSR count). The van der Waals surface area contributed by atoms with Gasteiger partial charge in [0.2, 0.25) is 0 Å². The van der Waals surface area contributed by atoms with Crippen LogP contribution in [0.1, 0.15) is 24.2 Å². The molecule has 162 valence electrons. The van der Waals surface area contributed by atoms with Gasteiger partial charge in [-0.2, -0.15) is 0 Å². The fourth-order valence-corrected chi connectivity index (χ4v) is 4.19. The van der Waals surface area contributed by atoms with Crippen molar-refractivity contribution in [2.75, 3.05) is 19.0 Å². The van der Waals surface area contributed by atoms with Crippen LogP contribution in [0.3, 0.4) is 0 Å². The van der Waals surface area contributed by atoms with E-state index in [0.29, 0.717) is 25.5 Å². The minimum absolute atomic E-state index is 0.393. The molecule has 0 radical (unpaired) electrons. The van der Waals surface area contributed by atoms with E-state index >= 15 is 0 Å². The van der Waals surface area contributed by atoms with Crippen molar-refractivity contribution < 1.29 is 29.9 Å². The minimum Gasteiger partial charge on any atom is -0.394 e. The predicted octanol–water partition coefficient (Wildman–Crippen LogP) is -0.516. The van der Waals surface area contributed by atoms with Gasteiger partial charge in [-0.15, -0.1) is 16.9 Å². The van der Waals surface area contributed by atoms with Crippen LogP contribution in [0.4, 0.5) is 0 Å². The van der Waals surface area contributed by atoms with Gasteiger partial charge in [0.1, 0.15) is 35.5 Å². The molecule has 1 aliphatic rings. The molecule has 2 aromatic rings. The molecule has 2 aromatic heterocycles. The number of hydrogen-bond donors (Lipinski definition) is 5. The van der Waals surface area contributed by atoms with Crippen LogP contribution in [0.5, 0.6) is 0 Å². The summed E-state index contributed by atoms with van der Waals surface area (Å²) >= 11 is 1.35. The first-order chi connectivity index (χ1) is 14.1. The minimum atomic E-state index is -1.33. The summed E-state index contributed by atoms with van der Waals surface area (Å²) in [7, 11) is 0. The lowest BCUT2D eigenvalue weighted by molar-refractivity contribution is -0.205. The van der Waals surface area contributed by atoms with Gasteiger partial charge in [-0.25, -0.2) is 4.68 Å². The Bertz CT molecular complexity index is 713. The number of aliphatic hydroxyl groups excluding tert-OH is 4. The number of rotatable bonds is 11. The van der Waals surface area contributed by atoms with E-state index in [2.05, 4.69) is 15.3 Å². The van der Waals surface area contributed by atoms with Gasteiger partial charge in [0.05, 0.1) is 26.0 Å². The smallest absolute Gasteiger partial charge is 0.132 e. The molecule has 3 heterocycles. The maximum absolute atomic E-state index is 9.99. The van der Waals surface area contributed by atoms with Crippen LogP contribution < -0.4 is 0 Å². The molecule has 5 unspecified atom stereocenters. The van der Waals surface area contributed by atoms with Crippen molar-refractivity contribution in [3.05, 3.63) is 35.9 Å². The first kappa shape index (κ1) is 22.2. The third-order valence-corrected chi connectivity index (χ3v) is 5.89. The summed E-state index contributed by atoms with van der Waals surface area (Å²) in [5, 5.41) is 46.9. The van der Waals surface area contributed by atoms with E-state index in [4.69, 9.17) is 9.47 Å². The summed E-state index contributed by atoms with van der Waals surface area (Å²) in [5.74, 6) is 0.693. The van der Waals surface area contributed by atoms with Crippen LogP contribution >= 0.6 is 11.8 Å². The van der Waals surface area contributed by atoms with E-state index in [1.54, 1.807) is 4.68 Å². The summed E-state index contributed by atoms with van der Waals surface area (Å²) in [6.45, 7) is 1.18. The zero-order valence-electron chi connectivity index (χ0n) is 16.0. The number of ether oxygens (including phenoxy) is 2. The molecule has 10 nitrogen and oxygen atoms in total. The standard InChI is InChI=1S/C18H28N4O6S/c23-10-14-15(24)16(25)17(26)18(28-14)29-7-2-1-6-27-11-13-9-22(21-20-13)8-12-4-3-5-19-12/h3-5,9,14-19,23-26H,1-2,6-8,10-11H2. The highest BCUT2D eigenvalue weighted by Crippen LogP contribution is 2.28. The fourth-order valence-electron chi connectivity index (χ4n) is 3.01. The maximum Gasteiger partial charge on any atom is 0.132 e. The number of aliphatic hydroxyl groups is 4. The Labute approximate surface area is 172 Å². The van der Waals surface area contributed by atoms with Gasteiger partial charge in [0, 0.05) is 18.5 Å². The lowest BCUT2D eigenvalue weighted by Crippen LogP contribution is -2.57. The predicted molar refractivity (Wildman–Crippen MR) is 105 cm³/mol. The highest BCUT2D eigenvalue weighted by atomic mass is 32.2. The van der Waals surface area contributed by atoms with Crippen LogP contribution in [-0.4, -0.2) is 89.2 Å². The monoisotopic (exact) mass is 428 g/mol. The van der Waals surface area contributed by atoms with Gasteiger partial charge in [0.25, 0.3) is 0 Å². The van der Waals surface area contributed by atoms with Crippen molar-refractivity contribution >= 4 is 11.8 Å². The normalized spacial score (nSPS) is 27.4. The number of H-pyrrole nitrogens is 1. The number of hydrogen-bond acceptors (Lipinski definition) is 9. The molecule has 11 heteroatoms. The van der Waals surface area contributed by atoms with E-state index in [-0.39, 0.29) is 0 Å². The molecule has 1 aliphatic heterocycles. The van der Waals surface area contributed by atoms with Crippen LogP contribution in [0, 0.1) is 0 Å². The summed E-state index contributed by atoms with van der Waals surface area (Å²) in [6, 6.07) is 3.92. The Kier molecular flexibility index (Phi) is 8.48. The van der Waals surface area contributed by atoms with Gasteiger partial charge in [-0.1, -0.05) is 5.21 Å². The number of aromatic amines is 1. The van der Waals surface area contributed by atoms with Gasteiger partial charge in [-0.05, 0) is 30.7 Å². The van der Waals surface area contributed by atoms with Crippen molar-refractivity contribution in [1.82, 2.24) is 20.0 Å². The van der Waals surface area contributed by atoms with Gasteiger partial charge in [-0.3, -0.25) is 0 Å². The summed E-state index contributed by atoms with van der Waals surface area (Å²) in [5.41, 5.74) is 1.15. The Morgan fingerprint density at radius 2 is 2.07 bits per heavy atom. The second-order valence-electron chi connectivity index (χ2n) is 6.93. The van der Waals surface area contributed by atoms with Crippen LogP contribution in [0.2, 0.25) is 0 Å². The molecule has 0 aliphatic carbocycles. The quantitative estimate of drug-likeness (QED) is 0.299. The first-order valence-electron chi connectivity index (χ1n) is 9.59. The van der Waals surface area contributed by atoms with Crippen LogP contribution in [0.25, 0.3) is 0 Å². The van der Waals surface area contributed by atoms with Crippen molar-refractivity contribution in [3.63, 3.8) is 0 Å². The average Bonchev–Trinajstić information content (AvgIpc) is 3.39.